The van der Waals surface area contributed by atoms with Crippen molar-refractivity contribution in [3.8, 4) is 0 Å². The lowest BCUT2D eigenvalue weighted by Crippen LogP contribution is -2.36. The minimum atomic E-state index is -0.478. The van der Waals surface area contributed by atoms with E-state index in [2.05, 4.69) is 20.4 Å². The fourth-order valence-electron chi connectivity index (χ4n) is 2.82. The Morgan fingerprint density at radius 3 is 2.45 bits per heavy atom. The fourth-order valence-corrected chi connectivity index (χ4v) is 2.82. The Hall–Kier alpha value is -3.26. The van der Waals surface area contributed by atoms with Crippen molar-refractivity contribution in [2.45, 2.75) is 18.9 Å². The maximum atomic E-state index is 13.1. The van der Waals surface area contributed by atoms with Crippen LogP contribution >= 0.6 is 0 Å². The van der Waals surface area contributed by atoms with Crippen molar-refractivity contribution in [2.24, 2.45) is 4.99 Å². The molecule has 0 bridgehead atoms. The SMILES string of the molecule is COC(=O)c1ccc(C(=O)NC(=NC[C@H]2CCCO2)Nc2ccc(F)cc2)cc1. The highest BCUT2D eigenvalue weighted by atomic mass is 19.1. The van der Waals surface area contributed by atoms with Gasteiger partial charge in [0.15, 0.2) is 0 Å². The summed E-state index contributed by atoms with van der Waals surface area (Å²) in [4.78, 5) is 28.6. The molecule has 1 amide bonds. The number of guanidine groups is 1. The molecule has 3 rings (SSSR count). The van der Waals surface area contributed by atoms with Crippen molar-refractivity contribution in [2.75, 3.05) is 25.6 Å². The number of methoxy groups -OCH3 is 1. The number of carbonyl (C=O) groups is 2. The molecule has 29 heavy (non-hydrogen) atoms. The maximum absolute atomic E-state index is 13.1. The smallest absolute Gasteiger partial charge is 0.337 e. The molecule has 0 aromatic heterocycles. The third-order valence-corrected chi connectivity index (χ3v) is 4.38. The summed E-state index contributed by atoms with van der Waals surface area (Å²) in [7, 11) is 1.29. The van der Waals surface area contributed by atoms with E-state index < -0.39 is 11.9 Å². The van der Waals surface area contributed by atoms with Crippen LogP contribution in [0.5, 0.6) is 0 Å². The molecule has 7 nitrogen and oxygen atoms in total. The summed E-state index contributed by atoms with van der Waals surface area (Å²) >= 11 is 0. The molecule has 2 aromatic rings. The van der Waals surface area contributed by atoms with E-state index >= 15 is 0 Å². The number of ether oxygens (including phenoxy) is 2. The number of amides is 1. The van der Waals surface area contributed by atoms with Gasteiger partial charge in [-0.05, 0) is 61.4 Å². The van der Waals surface area contributed by atoms with Gasteiger partial charge in [0.1, 0.15) is 5.82 Å². The molecule has 1 fully saturated rings. The van der Waals surface area contributed by atoms with Crippen molar-refractivity contribution < 1.29 is 23.5 Å². The van der Waals surface area contributed by atoms with Crippen molar-refractivity contribution in [1.29, 1.82) is 0 Å². The average molecular weight is 399 g/mol. The van der Waals surface area contributed by atoms with Crippen LogP contribution in [-0.4, -0.2) is 44.2 Å². The highest BCUT2D eigenvalue weighted by Crippen LogP contribution is 2.13. The number of rotatable bonds is 5. The Bertz CT molecular complexity index is 876. The minimum absolute atomic E-state index is 0.0104. The van der Waals surface area contributed by atoms with Crippen LogP contribution in [0.4, 0.5) is 10.1 Å². The molecule has 0 unspecified atom stereocenters. The quantitative estimate of drug-likeness (QED) is 0.458. The molecule has 2 aromatic carbocycles. The average Bonchev–Trinajstić information content (AvgIpc) is 3.27. The Kier molecular flexibility index (Phi) is 6.91. The van der Waals surface area contributed by atoms with E-state index in [-0.39, 0.29) is 17.9 Å². The molecule has 1 saturated heterocycles. The number of hydrogen-bond donors (Lipinski definition) is 2. The molecule has 1 atom stereocenters. The van der Waals surface area contributed by atoms with E-state index in [1.54, 1.807) is 12.1 Å². The number of nitrogens with zero attached hydrogens (tertiary/aromatic N) is 1. The van der Waals surface area contributed by atoms with Gasteiger partial charge in [-0.3, -0.25) is 10.1 Å². The third-order valence-electron chi connectivity index (χ3n) is 4.38. The molecule has 2 N–H and O–H groups in total. The number of aliphatic imine (C=N–C) groups is 1. The van der Waals surface area contributed by atoms with Crippen molar-refractivity contribution in [3.05, 3.63) is 65.5 Å². The standard InChI is InChI=1S/C21H22FN3O4/c1-28-20(27)15-6-4-14(5-7-15)19(26)25-21(23-13-18-3-2-12-29-18)24-17-10-8-16(22)9-11-17/h4-11,18H,2-3,12-13H2,1H3,(H2,23,24,25,26)/t18-/m1/s1. The predicted octanol–water partition coefficient (Wildman–Crippen LogP) is 2.99. The van der Waals surface area contributed by atoms with E-state index in [0.717, 1.165) is 12.8 Å². The van der Waals surface area contributed by atoms with Crippen LogP contribution < -0.4 is 10.6 Å². The van der Waals surface area contributed by atoms with Gasteiger partial charge in [0.05, 0.1) is 25.3 Å². The summed E-state index contributed by atoms with van der Waals surface area (Å²) in [5.74, 6) is -1.01. The Labute approximate surface area is 167 Å². The Morgan fingerprint density at radius 1 is 1.14 bits per heavy atom. The monoisotopic (exact) mass is 399 g/mol. The van der Waals surface area contributed by atoms with Gasteiger partial charge in [-0.2, -0.15) is 0 Å². The summed E-state index contributed by atoms with van der Waals surface area (Å²) in [6.07, 6.45) is 1.91. The fraction of sp³-hybridized carbons (Fsp3) is 0.286. The van der Waals surface area contributed by atoms with Crippen molar-refractivity contribution in [3.63, 3.8) is 0 Å². The number of halogens is 1. The minimum Gasteiger partial charge on any atom is -0.465 e. The van der Waals surface area contributed by atoms with Gasteiger partial charge < -0.3 is 14.8 Å². The van der Waals surface area contributed by atoms with Crippen LogP contribution in [0.3, 0.4) is 0 Å². The maximum Gasteiger partial charge on any atom is 0.337 e. The second-order valence-corrected chi connectivity index (χ2v) is 6.48. The van der Waals surface area contributed by atoms with Crippen LogP contribution in [0.1, 0.15) is 33.6 Å². The van der Waals surface area contributed by atoms with Gasteiger partial charge in [-0.15, -0.1) is 0 Å². The van der Waals surface area contributed by atoms with Gasteiger partial charge >= 0.3 is 5.97 Å². The van der Waals surface area contributed by atoms with E-state index in [0.29, 0.717) is 30.0 Å². The molecule has 152 valence electrons. The molecule has 8 heteroatoms. The van der Waals surface area contributed by atoms with E-state index in [1.165, 1.54) is 43.5 Å². The molecule has 1 aliphatic rings. The number of esters is 1. The Morgan fingerprint density at radius 2 is 1.83 bits per heavy atom. The van der Waals surface area contributed by atoms with Gasteiger partial charge in [0.2, 0.25) is 5.96 Å². The lowest BCUT2D eigenvalue weighted by Gasteiger charge is -2.13. The zero-order valence-electron chi connectivity index (χ0n) is 16.0. The van der Waals surface area contributed by atoms with Gasteiger partial charge in [-0.1, -0.05) is 0 Å². The van der Waals surface area contributed by atoms with Crippen LogP contribution in [0.2, 0.25) is 0 Å². The largest absolute Gasteiger partial charge is 0.465 e. The highest BCUT2D eigenvalue weighted by molar-refractivity contribution is 6.10. The zero-order chi connectivity index (χ0) is 20.6. The summed E-state index contributed by atoms with van der Waals surface area (Å²) in [5, 5.41) is 5.71. The van der Waals surface area contributed by atoms with Gasteiger partial charge in [0, 0.05) is 17.9 Å². The van der Waals surface area contributed by atoms with E-state index in [4.69, 9.17) is 4.74 Å². The second-order valence-electron chi connectivity index (χ2n) is 6.48. The molecule has 0 spiro atoms. The van der Waals surface area contributed by atoms with E-state index in [1.807, 2.05) is 0 Å². The Balaban J connectivity index is 1.72. The summed E-state index contributed by atoms with van der Waals surface area (Å²) in [6, 6.07) is 11.8. The van der Waals surface area contributed by atoms with Crippen LogP contribution in [-0.2, 0) is 9.47 Å². The first-order valence-corrected chi connectivity index (χ1v) is 9.23. The number of benzene rings is 2. The first kappa shape index (κ1) is 20.5. The van der Waals surface area contributed by atoms with Crippen molar-refractivity contribution >= 4 is 23.5 Å². The zero-order valence-corrected chi connectivity index (χ0v) is 16.0. The lowest BCUT2D eigenvalue weighted by molar-refractivity contribution is 0.0600. The normalized spacial score (nSPS) is 16.3. The second kappa shape index (κ2) is 9.79. The molecular weight excluding hydrogens is 377 g/mol. The number of anilines is 1. The molecule has 0 radical (unpaired) electrons. The van der Waals surface area contributed by atoms with Crippen LogP contribution in [0.25, 0.3) is 0 Å². The predicted molar refractivity (Wildman–Crippen MR) is 107 cm³/mol. The number of nitrogens with one attached hydrogen (secondary N) is 2. The summed E-state index contributed by atoms with van der Waals surface area (Å²) in [6.45, 7) is 1.10. The highest BCUT2D eigenvalue weighted by Gasteiger charge is 2.16. The van der Waals surface area contributed by atoms with Crippen LogP contribution in [0, 0.1) is 5.82 Å². The first-order chi connectivity index (χ1) is 14.0. The summed E-state index contributed by atoms with van der Waals surface area (Å²) < 4.78 is 23.4. The molecule has 1 heterocycles. The van der Waals surface area contributed by atoms with Gasteiger partial charge in [0.25, 0.3) is 5.91 Å². The van der Waals surface area contributed by atoms with Gasteiger partial charge in [-0.25, -0.2) is 14.2 Å². The lowest BCUT2D eigenvalue weighted by atomic mass is 10.1. The number of hydrogen-bond acceptors (Lipinski definition) is 5. The molecule has 0 aliphatic carbocycles. The number of carbonyl (C=O) groups excluding carboxylic acids is 2. The summed E-state index contributed by atoms with van der Waals surface area (Å²) in [5.41, 5.74) is 1.28. The molecular formula is C21H22FN3O4. The first-order valence-electron chi connectivity index (χ1n) is 9.23. The van der Waals surface area contributed by atoms with Crippen LogP contribution in [0.15, 0.2) is 53.5 Å². The molecule has 1 aliphatic heterocycles. The van der Waals surface area contributed by atoms with Crippen molar-refractivity contribution in [1.82, 2.24) is 5.32 Å². The molecule has 0 saturated carbocycles. The third kappa shape index (κ3) is 5.86. The van der Waals surface area contributed by atoms with E-state index in [9.17, 15) is 14.0 Å². The topological polar surface area (TPSA) is 89.0 Å².